The molecule has 9 heteroatoms. The SMILES string of the molecule is Cc1nn(CC2CC(F)(F)C2)c2ncc(Nc3n[nH]c4cccnc34)cc12. The predicted octanol–water partition coefficient (Wildman–Crippen LogP) is 3.80. The molecule has 1 aliphatic carbocycles. The maximum absolute atomic E-state index is 13.1. The second kappa shape index (κ2) is 5.70. The maximum Gasteiger partial charge on any atom is 0.248 e. The fourth-order valence-electron chi connectivity index (χ4n) is 3.64. The van der Waals surface area contributed by atoms with E-state index in [4.69, 9.17) is 0 Å². The second-order valence-corrected chi connectivity index (χ2v) is 7.09. The fraction of sp³-hybridized carbons (Fsp3) is 0.333. The molecule has 0 aromatic carbocycles. The van der Waals surface area contributed by atoms with Gasteiger partial charge in [-0.15, -0.1) is 0 Å². The molecule has 4 heterocycles. The zero-order chi connectivity index (χ0) is 18.6. The Labute approximate surface area is 152 Å². The molecule has 27 heavy (non-hydrogen) atoms. The summed E-state index contributed by atoms with van der Waals surface area (Å²) in [5.74, 6) is -1.95. The molecule has 0 amide bonds. The first-order valence-corrected chi connectivity index (χ1v) is 8.76. The van der Waals surface area contributed by atoms with Gasteiger partial charge in [-0.2, -0.15) is 10.2 Å². The van der Waals surface area contributed by atoms with Gasteiger partial charge < -0.3 is 5.32 Å². The third-order valence-corrected chi connectivity index (χ3v) is 4.96. The van der Waals surface area contributed by atoms with Crippen molar-refractivity contribution in [1.29, 1.82) is 0 Å². The first-order valence-electron chi connectivity index (χ1n) is 8.76. The molecule has 0 saturated heterocycles. The van der Waals surface area contributed by atoms with Gasteiger partial charge in [-0.3, -0.25) is 10.1 Å². The average Bonchev–Trinajstić information content (AvgIpc) is 3.15. The van der Waals surface area contributed by atoms with Crippen LogP contribution in [0, 0.1) is 12.8 Å². The minimum Gasteiger partial charge on any atom is -0.336 e. The van der Waals surface area contributed by atoms with Gasteiger partial charge in [0, 0.05) is 31.0 Å². The van der Waals surface area contributed by atoms with E-state index in [1.807, 2.05) is 25.1 Å². The van der Waals surface area contributed by atoms with Crippen molar-refractivity contribution in [2.45, 2.75) is 32.2 Å². The molecular formula is C18H17F2N7. The molecule has 7 nitrogen and oxygen atoms in total. The van der Waals surface area contributed by atoms with E-state index in [-0.39, 0.29) is 18.8 Å². The molecule has 138 valence electrons. The highest BCUT2D eigenvalue weighted by atomic mass is 19.3. The van der Waals surface area contributed by atoms with Crippen molar-refractivity contribution in [3.63, 3.8) is 0 Å². The predicted molar refractivity (Wildman–Crippen MR) is 97.1 cm³/mol. The molecule has 0 unspecified atom stereocenters. The minimum atomic E-state index is -2.52. The van der Waals surface area contributed by atoms with Crippen molar-refractivity contribution in [2.24, 2.45) is 5.92 Å². The second-order valence-electron chi connectivity index (χ2n) is 7.09. The number of anilines is 2. The molecule has 0 spiro atoms. The summed E-state index contributed by atoms with van der Waals surface area (Å²) in [7, 11) is 0. The van der Waals surface area contributed by atoms with E-state index in [0.29, 0.717) is 18.0 Å². The number of aromatic nitrogens is 6. The highest BCUT2D eigenvalue weighted by molar-refractivity contribution is 5.89. The van der Waals surface area contributed by atoms with Crippen molar-refractivity contribution in [1.82, 2.24) is 29.9 Å². The van der Waals surface area contributed by atoms with Crippen LogP contribution in [0.15, 0.2) is 30.6 Å². The molecule has 5 rings (SSSR count). The van der Waals surface area contributed by atoms with Crippen molar-refractivity contribution in [2.75, 3.05) is 5.32 Å². The van der Waals surface area contributed by atoms with E-state index in [2.05, 4.69) is 30.6 Å². The zero-order valence-corrected chi connectivity index (χ0v) is 14.6. The number of aromatic amines is 1. The van der Waals surface area contributed by atoms with Crippen LogP contribution in [-0.4, -0.2) is 35.9 Å². The number of nitrogens with zero attached hydrogens (tertiary/aromatic N) is 5. The van der Waals surface area contributed by atoms with E-state index in [9.17, 15) is 8.78 Å². The summed E-state index contributed by atoms with van der Waals surface area (Å²) in [5.41, 5.74) is 3.88. The number of nitrogens with one attached hydrogen (secondary N) is 2. The Bertz CT molecular complexity index is 1140. The molecule has 4 aromatic rings. The van der Waals surface area contributed by atoms with Gasteiger partial charge >= 0.3 is 0 Å². The van der Waals surface area contributed by atoms with Gasteiger partial charge in [0.25, 0.3) is 0 Å². The van der Waals surface area contributed by atoms with Gasteiger partial charge in [-0.25, -0.2) is 18.4 Å². The van der Waals surface area contributed by atoms with Crippen LogP contribution in [0.5, 0.6) is 0 Å². The molecule has 2 N–H and O–H groups in total. The topological polar surface area (TPSA) is 84.3 Å². The van der Waals surface area contributed by atoms with E-state index < -0.39 is 5.92 Å². The Morgan fingerprint density at radius 2 is 2.19 bits per heavy atom. The number of fused-ring (bicyclic) bond motifs is 2. The lowest BCUT2D eigenvalue weighted by molar-refractivity contribution is -0.114. The molecule has 0 aliphatic heterocycles. The summed E-state index contributed by atoms with van der Waals surface area (Å²) in [6.07, 6.45) is 3.25. The molecule has 1 fully saturated rings. The molecule has 0 bridgehead atoms. The molecule has 4 aromatic heterocycles. The normalized spacial score (nSPS) is 16.7. The number of aryl methyl sites for hydroxylation is 1. The van der Waals surface area contributed by atoms with Crippen LogP contribution in [0.3, 0.4) is 0 Å². The summed E-state index contributed by atoms with van der Waals surface area (Å²) in [6.45, 7) is 2.36. The van der Waals surface area contributed by atoms with Gasteiger partial charge in [0.05, 0.1) is 23.1 Å². The Morgan fingerprint density at radius 3 is 3.00 bits per heavy atom. The van der Waals surface area contributed by atoms with Crippen LogP contribution in [0.2, 0.25) is 0 Å². The number of H-pyrrole nitrogens is 1. The lowest BCUT2D eigenvalue weighted by Gasteiger charge is -2.34. The third-order valence-electron chi connectivity index (χ3n) is 4.96. The van der Waals surface area contributed by atoms with Gasteiger partial charge in [0.2, 0.25) is 5.92 Å². The molecule has 1 aliphatic rings. The summed E-state index contributed by atoms with van der Waals surface area (Å²) < 4.78 is 27.9. The smallest absolute Gasteiger partial charge is 0.248 e. The van der Waals surface area contributed by atoms with Gasteiger partial charge in [-0.05, 0) is 31.0 Å². The van der Waals surface area contributed by atoms with Crippen molar-refractivity contribution >= 4 is 33.6 Å². The average molecular weight is 369 g/mol. The number of halogens is 2. The standard InChI is InChI=1S/C18H17F2N7/c1-10-13-5-12(23-16-15-14(24-25-16)3-2-4-21-15)8-22-17(13)27(26-10)9-11-6-18(19,20)7-11/h2-5,8,11H,6-7,9H2,1H3,(H2,23,24,25). The van der Waals surface area contributed by atoms with E-state index >= 15 is 0 Å². The van der Waals surface area contributed by atoms with Gasteiger partial charge in [0.15, 0.2) is 11.5 Å². The van der Waals surface area contributed by atoms with Crippen LogP contribution >= 0.6 is 0 Å². The number of pyridine rings is 2. The summed E-state index contributed by atoms with van der Waals surface area (Å²) in [6, 6.07) is 5.69. The lowest BCUT2D eigenvalue weighted by atomic mass is 9.81. The van der Waals surface area contributed by atoms with Crippen LogP contribution in [-0.2, 0) is 6.54 Å². The van der Waals surface area contributed by atoms with E-state index in [1.54, 1.807) is 17.1 Å². The van der Waals surface area contributed by atoms with Crippen LogP contribution in [0.25, 0.3) is 22.1 Å². The Hall–Kier alpha value is -3.10. The van der Waals surface area contributed by atoms with Gasteiger partial charge in [-0.1, -0.05) is 0 Å². The van der Waals surface area contributed by atoms with Gasteiger partial charge in [0.1, 0.15) is 5.52 Å². The Balaban J connectivity index is 1.43. The lowest BCUT2D eigenvalue weighted by Crippen LogP contribution is -2.37. The quantitative estimate of drug-likeness (QED) is 0.572. The van der Waals surface area contributed by atoms with Crippen molar-refractivity contribution in [3.8, 4) is 0 Å². The molecular weight excluding hydrogens is 352 g/mol. The highest BCUT2D eigenvalue weighted by Crippen LogP contribution is 2.43. The van der Waals surface area contributed by atoms with Crippen molar-refractivity contribution < 1.29 is 8.78 Å². The fourth-order valence-corrected chi connectivity index (χ4v) is 3.64. The first kappa shape index (κ1) is 16.1. The Kier molecular flexibility index (Phi) is 3.40. The third kappa shape index (κ3) is 2.79. The molecule has 1 saturated carbocycles. The number of hydrogen-bond donors (Lipinski definition) is 2. The van der Waals surface area contributed by atoms with Crippen LogP contribution in [0.1, 0.15) is 18.5 Å². The van der Waals surface area contributed by atoms with E-state index in [1.165, 1.54) is 0 Å². The number of alkyl halides is 2. The van der Waals surface area contributed by atoms with Crippen LogP contribution < -0.4 is 5.32 Å². The zero-order valence-electron chi connectivity index (χ0n) is 14.6. The minimum absolute atomic E-state index is 0.0522. The number of hydrogen-bond acceptors (Lipinski definition) is 5. The Morgan fingerprint density at radius 1 is 1.33 bits per heavy atom. The van der Waals surface area contributed by atoms with E-state index in [0.717, 1.165) is 27.8 Å². The first-order chi connectivity index (χ1) is 13.0. The largest absolute Gasteiger partial charge is 0.336 e. The molecule has 0 radical (unpaired) electrons. The molecule has 0 atom stereocenters. The van der Waals surface area contributed by atoms with Crippen molar-refractivity contribution in [3.05, 3.63) is 36.3 Å². The summed E-state index contributed by atoms with van der Waals surface area (Å²) in [5, 5.41) is 15.8. The summed E-state index contributed by atoms with van der Waals surface area (Å²) >= 11 is 0. The number of rotatable bonds is 4. The monoisotopic (exact) mass is 369 g/mol. The highest BCUT2D eigenvalue weighted by Gasteiger charge is 2.45. The maximum atomic E-state index is 13.1. The van der Waals surface area contributed by atoms with Crippen LogP contribution in [0.4, 0.5) is 20.3 Å². The summed E-state index contributed by atoms with van der Waals surface area (Å²) in [4.78, 5) is 8.83.